The van der Waals surface area contributed by atoms with Crippen molar-refractivity contribution in [2.24, 2.45) is 0 Å². The fourth-order valence-corrected chi connectivity index (χ4v) is 3.23. The third-order valence-corrected chi connectivity index (χ3v) is 4.49. The van der Waals surface area contributed by atoms with Gasteiger partial charge in [-0.15, -0.1) is 0 Å². The van der Waals surface area contributed by atoms with Crippen LogP contribution in [0, 0.1) is 0 Å². The van der Waals surface area contributed by atoms with Crippen molar-refractivity contribution in [3.8, 4) is 0 Å². The van der Waals surface area contributed by atoms with Crippen LogP contribution in [0.3, 0.4) is 0 Å². The number of ketones is 1. The average molecular weight is 313 g/mol. The van der Waals surface area contributed by atoms with Crippen LogP contribution in [0.2, 0.25) is 0 Å². The summed E-state index contributed by atoms with van der Waals surface area (Å²) in [6, 6.07) is 0. The number of nitrogens with zero attached hydrogens (tertiary/aromatic N) is 1. The predicted molar refractivity (Wildman–Crippen MR) is 98.2 cm³/mol. The van der Waals surface area contributed by atoms with Crippen molar-refractivity contribution in [3.63, 3.8) is 0 Å². The van der Waals surface area contributed by atoms with Crippen LogP contribution in [-0.2, 0) is 4.79 Å². The molecule has 0 amide bonds. The molecule has 0 fully saturated rings. The van der Waals surface area contributed by atoms with Gasteiger partial charge in [-0.3, -0.25) is 4.79 Å². The van der Waals surface area contributed by atoms with Crippen LogP contribution in [0.25, 0.3) is 0 Å². The maximum atomic E-state index is 12.0. The first-order valence-electron chi connectivity index (χ1n) is 9.85. The van der Waals surface area contributed by atoms with E-state index in [0.717, 1.165) is 30.3 Å². The van der Waals surface area contributed by atoms with Crippen LogP contribution in [0.1, 0.15) is 97.3 Å². The van der Waals surface area contributed by atoms with Crippen LogP contribution in [0.4, 0.5) is 0 Å². The van der Waals surface area contributed by atoms with Gasteiger partial charge in [0.25, 0.3) is 0 Å². The summed E-state index contributed by atoms with van der Waals surface area (Å²) in [6.07, 6.45) is 16.8. The molecule has 0 aromatic heterocycles. The Kier molecular flexibility index (Phi) is 14.0. The minimum Gasteiger partial charge on any atom is -0.322 e. The maximum absolute atomic E-state index is 12.0. The van der Waals surface area contributed by atoms with Crippen LogP contribution in [0.15, 0.2) is 0 Å². The van der Waals surface area contributed by atoms with Crippen molar-refractivity contribution in [2.75, 3.05) is 27.2 Å². The molecule has 0 saturated heterocycles. The van der Waals surface area contributed by atoms with Gasteiger partial charge in [-0.25, -0.2) is 0 Å². The number of carbonyl (C=O) groups is 1. The largest absolute Gasteiger partial charge is 0.322 e. The van der Waals surface area contributed by atoms with Crippen molar-refractivity contribution in [1.29, 1.82) is 0 Å². The van der Waals surface area contributed by atoms with E-state index in [9.17, 15) is 4.79 Å². The van der Waals surface area contributed by atoms with Crippen molar-refractivity contribution >= 4 is 5.78 Å². The van der Waals surface area contributed by atoms with Gasteiger partial charge in [0.1, 0.15) is 6.54 Å². The van der Waals surface area contributed by atoms with Gasteiger partial charge in [-0.1, -0.05) is 78.1 Å². The lowest BCUT2D eigenvalue weighted by atomic mass is 10.0. The highest BCUT2D eigenvalue weighted by Crippen LogP contribution is 2.12. The zero-order chi connectivity index (χ0) is 16.7. The minimum absolute atomic E-state index is 0.453. The second-order valence-corrected chi connectivity index (χ2v) is 7.64. The van der Waals surface area contributed by atoms with Crippen molar-refractivity contribution in [2.45, 2.75) is 97.3 Å². The van der Waals surface area contributed by atoms with E-state index >= 15 is 0 Å². The second-order valence-electron chi connectivity index (χ2n) is 7.64. The van der Waals surface area contributed by atoms with Gasteiger partial charge >= 0.3 is 0 Å². The Morgan fingerprint density at radius 2 is 1.14 bits per heavy atom. The second kappa shape index (κ2) is 14.2. The number of likely N-dealkylation sites (N-methyl/N-ethyl adjacent to an activating group) is 1. The number of hydrogen-bond donors (Lipinski definition) is 0. The van der Waals surface area contributed by atoms with Crippen LogP contribution in [0.5, 0.6) is 0 Å². The summed E-state index contributed by atoms with van der Waals surface area (Å²) in [6.45, 7) is 6.28. The molecular formula is C20H42NO+. The quantitative estimate of drug-likeness (QED) is 0.262. The third-order valence-electron chi connectivity index (χ3n) is 4.49. The molecule has 0 radical (unpaired) electrons. The van der Waals surface area contributed by atoms with Crippen LogP contribution >= 0.6 is 0 Å². The van der Waals surface area contributed by atoms with Gasteiger partial charge in [0.2, 0.25) is 0 Å². The Morgan fingerprint density at radius 1 is 0.682 bits per heavy atom. The summed E-state index contributed by atoms with van der Waals surface area (Å²) in [7, 11) is 4.34. The van der Waals surface area contributed by atoms with Crippen LogP contribution < -0.4 is 0 Å². The highest BCUT2D eigenvalue weighted by Gasteiger charge is 2.18. The van der Waals surface area contributed by atoms with Gasteiger partial charge in [-0.2, -0.15) is 0 Å². The summed E-state index contributed by atoms with van der Waals surface area (Å²) in [5, 5.41) is 0. The van der Waals surface area contributed by atoms with Crippen LogP contribution in [-0.4, -0.2) is 37.5 Å². The Balaban J connectivity index is 3.34. The van der Waals surface area contributed by atoms with E-state index in [2.05, 4.69) is 27.9 Å². The zero-order valence-electron chi connectivity index (χ0n) is 16.0. The summed E-state index contributed by atoms with van der Waals surface area (Å²) in [5.74, 6) is 0.453. The summed E-state index contributed by atoms with van der Waals surface area (Å²) in [5.41, 5.74) is 0. The molecule has 2 nitrogen and oxygen atoms in total. The molecular weight excluding hydrogens is 270 g/mol. The van der Waals surface area contributed by atoms with E-state index in [1.807, 2.05) is 0 Å². The third kappa shape index (κ3) is 14.6. The SMILES string of the molecule is CCCCCCCCCCCCCC(=O)C[N+](C)(C)CCC. The summed E-state index contributed by atoms with van der Waals surface area (Å²) < 4.78 is 0.855. The predicted octanol–water partition coefficient (Wildman–Crippen LogP) is 5.74. The molecule has 0 N–H and O–H groups in total. The normalized spacial score (nSPS) is 11.8. The first kappa shape index (κ1) is 21.6. The summed E-state index contributed by atoms with van der Waals surface area (Å²) in [4.78, 5) is 12.0. The Morgan fingerprint density at radius 3 is 1.59 bits per heavy atom. The Labute approximate surface area is 140 Å². The molecule has 132 valence electrons. The highest BCUT2D eigenvalue weighted by atomic mass is 16.1. The molecule has 0 aliphatic heterocycles. The molecule has 0 atom stereocenters. The van der Waals surface area contributed by atoms with Gasteiger partial charge in [-0.05, 0) is 12.8 Å². The molecule has 0 saturated carbocycles. The fourth-order valence-electron chi connectivity index (χ4n) is 3.23. The molecule has 0 heterocycles. The van der Waals surface area contributed by atoms with E-state index in [1.54, 1.807) is 0 Å². The van der Waals surface area contributed by atoms with Gasteiger partial charge < -0.3 is 4.48 Å². The molecule has 22 heavy (non-hydrogen) atoms. The Hall–Kier alpha value is -0.370. The van der Waals surface area contributed by atoms with E-state index in [-0.39, 0.29) is 0 Å². The van der Waals surface area contributed by atoms with E-state index < -0.39 is 0 Å². The average Bonchev–Trinajstić information content (AvgIpc) is 2.44. The van der Waals surface area contributed by atoms with Gasteiger partial charge in [0, 0.05) is 6.42 Å². The Bertz CT molecular complexity index is 260. The molecule has 0 bridgehead atoms. The van der Waals surface area contributed by atoms with Crippen molar-refractivity contribution in [3.05, 3.63) is 0 Å². The number of hydrogen-bond acceptors (Lipinski definition) is 1. The first-order chi connectivity index (χ1) is 10.5. The lowest BCUT2D eigenvalue weighted by Gasteiger charge is -2.28. The highest BCUT2D eigenvalue weighted by molar-refractivity contribution is 5.79. The maximum Gasteiger partial charge on any atom is 0.186 e. The first-order valence-corrected chi connectivity index (χ1v) is 9.85. The monoisotopic (exact) mass is 312 g/mol. The summed E-state index contributed by atoms with van der Waals surface area (Å²) >= 11 is 0. The molecule has 0 spiro atoms. The number of carbonyl (C=O) groups excluding carboxylic acids is 1. The molecule has 0 unspecified atom stereocenters. The minimum atomic E-state index is 0.453. The molecule has 0 rings (SSSR count). The number of unbranched alkanes of at least 4 members (excludes halogenated alkanes) is 10. The standard InChI is InChI=1S/C20H42NO/c1-5-7-8-9-10-11-12-13-14-15-16-17-20(22)19-21(3,4)18-6-2/h5-19H2,1-4H3/q+1. The van der Waals surface area contributed by atoms with Gasteiger partial charge in [0.15, 0.2) is 5.78 Å². The zero-order valence-corrected chi connectivity index (χ0v) is 16.0. The van der Waals surface area contributed by atoms with E-state index in [0.29, 0.717) is 12.3 Å². The molecule has 0 aliphatic rings. The number of quaternary nitrogens is 1. The lowest BCUT2D eigenvalue weighted by molar-refractivity contribution is -0.882. The van der Waals surface area contributed by atoms with Crippen molar-refractivity contribution < 1.29 is 9.28 Å². The fraction of sp³-hybridized carbons (Fsp3) is 0.950. The number of Topliss-reactive ketones (excluding diaryl/α,β-unsaturated/α-hetero) is 1. The molecule has 2 heteroatoms. The van der Waals surface area contributed by atoms with E-state index in [4.69, 9.17) is 0 Å². The molecule has 0 aromatic carbocycles. The molecule has 0 aromatic rings. The topological polar surface area (TPSA) is 17.1 Å². The van der Waals surface area contributed by atoms with Crippen molar-refractivity contribution in [1.82, 2.24) is 0 Å². The van der Waals surface area contributed by atoms with Gasteiger partial charge in [0.05, 0.1) is 20.6 Å². The lowest BCUT2D eigenvalue weighted by Crippen LogP contribution is -2.44. The smallest absolute Gasteiger partial charge is 0.186 e. The molecule has 0 aliphatic carbocycles. The number of rotatable bonds is 16. The van der Waals surface area contributed by atoms with E-state index in [1.165, 1.54) is 64.2 Å².